The first-order valence-electron chi connectivity index (χ1n) is 13.7. The zero-order chi connectivity index (χ0) is 28.2. The maximum atomic E-state index is 7.60. The lowest BCUT2D eigenvalue weighted by Gasteiger charge is -2.45. The molecule has 3 rings (SSSR count). The minimum Gasteiger partial charge on any atom is -0.417 e. The highest BCUT2D eigenvalue weighted by Crippen LogP contribution is 2.40. The van der Waals surface area contributed by atoms with Gasteiger partial charge in [-0.15, -0.1) is 11.3 Å². The standard InChI is InChI=1S/C32H47NO2SSi2/c1-25(23-27-24-36-26(2)33-27)30(21-22-34-37(9,10)31(3,4)5)35-38(32(6,7)8,28-17-13-11-14-18-28)29-19-15-12-16-20-29/h11-20,23-24,30H,21-22H2,1-10H3. The second-order valence-electron chi connectivity index (χ2n) is 12.8. The van der Waals surface area contributed by atoms with Gasteiger partial charge < -0.3 is 8.85 Å². The van der Waals surface area contributed by atoms with Gasteiger partial charge in [-0.1, -0.05) is 102 Å². The van der Waals surface area contributed by atoms with Crippen LogP contribution in [-0.2, 0) is 8.85 Å². The van der Waals surface area contributed by atoms with Gasteiger partial charge in [-0.2, -0.15) is 0 Å². The van der Waals surface area contributed by atoms with E-state index in [1.54, 1.807) is 11.3 Å². The average molecular weight is 566 g/mol. The quantitative estimate of drug-likeness (QED) is 0.232. The highest BCUT2D eigenvalue weighted by atomic mass is 32.1. The Morgan fingerprint density at radius 2 is 1.42 bits per heavy atom. The van der Waals surface area contributed by atoms with Gasteiger partial charge in [-0.3, -0.25) is 0 Å². The molecule has 0 fully saturated rings. The van der Waals surface area contributed by atoms with Gasteiger partial charge in [0.05, 0.1) is 16.8 Å². The van der Waals surface area contributed by atoms with E-state index < -0.39 is 16.6 Å². The fourth-order valence-electron chi connectivity index (χ4n) is 4.69. The molecule has 0 amide bonds. The zero-order valence-electron chi connectivity index (χ0n) is 25.1. The van der Waals surface area contributed by atoms with Crippen LogP contribution in [0.1, 0.15) is 65.6 Å². The monoisotopic (exact) mass is 565 g/mol. The second kappa shape index (κ2) is 12.1. The summed E-state index contributed by atoms with van der Waals surface area (Å²) in [6.45, 7) is 23.5. The largest absolute Gasteiger partial charge is 0.417 e. The first-order valence-corrected chi connectivity index (χ1v) is 19.4. The minimum atomic E-state index is -2.72. The van der Waals surface area contributed by atoms with Crippen molar-refractivity contribution in [3.8, 4) is 0 Å². The van der Waals surface area contributed by atoms with E-state index >= 15 is 0 Å². The van der Waals surface area contributed by atoms with Gasteiger partial charge >= 0.3 is 0 Å². The lowest BCUT2D eigenvalue weighted by Crippen LogP contribution is -2.67. The van der Waals surface area contributed by atoms with Crippen molar-refractivity contribution in [3.05, 3.63) is 82.3 Å². The summed E-state index contributed by atoms with van der Waals surface area (Å²) in [4.78, 5) is 4.72. The van der Waals surface area contributed by atoms with Crippen LogP contribution in [0.5, 0.6) is 0 Å². The number of aryl methyl sites for hydroxylation is 1. The van der Waals surface area contributed by atoms with Crippen LogP contribution in [-0.4, -0.2) is 34.3 Å². The van der Waals surface area contributed by atoms with Crippen molar-refractivity contribution in [3.63, 3.8) is 0 Å². The van der Waals surface area contributed by atoms with Crippen LogP contribution in [0.15, 0.2) is 71.6 Å². The Labute approximate surface area is 237 Å². The molecule has 0 spiro atoms. The summed E-state index contributed by atoms with van der Waals surface area (Å²) < 4.78 is 14.3. The fourth-order valence-corrected chi connectivity index (χ4v) is 11.1. The molecule has 0 aliphatic carbocycles. The molecule has 1 unspecified atom stereocenters. The molecule has 0 saturated carbocycles. The molecule has 0 saturated heterocycles. The highest BCUT2D eigenvalue weighted by molar-refractivity contribution is 7.09. The Hall–Kier alpha value is -1.84. The predicted molar refractivity (Wildman–Crippen MR) is 171 cm³/mol. The summed E-state index contributed by atoms with van der Waals surface area (Å²) >= 11 is 1.69. The number of benzene rings is 2. The van der Waals surface area contributed by atoms with E-state index in [-0.39, 0.29) is 16.2 Å². The third-order valence-electron chi connectivity index (χ3n) is 7.91. The Balaban J connectivity index is 2.10. The van der Waals surface area contributed by atoms with Crippen molar-refractivity contribution in [2.75, 3.05) is 6.61 Å². The van der Waals surface area contributed by atoms with Crippen molar-refractivity contribution in [2.24, 2.45) is 0 Å². The predicted octanol–water partition coefficient (Wildman–Crippen LogP) is 8.21. The van der Waals surface area contributed by atoms with E-state index in [9.17, 15) is 0 Å². The first kappa shape index (κ1) is 30.7. The molecule has 0 radical (unpaired) electrons. The van der Waals surface area contributed by atoms with E-state index in [2.05, 4.69) is 141 Å². The Kier molecular flexibility index (Phi) is 9.80. The lowest BCUT2D eigenvalue weighted by atomic mass is 10.1. The van der Waals surface area contributed by atoms with Crippen LogP contribution in [0.2, 0.25) is 23.2 Å². The van der Waals surface area contributed by atoms with Crippen LogP contribution in [0.4, 0.5) is 0 Å². The molecule has 6 heteroatoms. The van der Waals surface area contributed by atoms with E-state index in [1.165, 1.54) is 15.9 Å². The SMILES string of the molecule is CC(=Cc1csc(C)n1)C(CCO[Si](C)(C)C(C)(C)C)O[Si](c1ccccc1)(c1ccccc1)C(C)(C)C. The van der Waals surface area contributed by atoms with Crippen molar-refractivity contribution in [1.82, 2.24) is 4.98 Å². The Morgan fingerprint density at radius 3 is 1.84 bits per heavy atom. The lowest BCUT2D eigenvalue weighted by molar-refractivity contribution is 0.173. The molecule has 0 bridgehead atoms. The molecule has 1 atom stereocenters. The maximum Gasteiger partial charge on any atom is 0.261 e. The van der Waals surface area contributed by atoms with Gasteiger partial charge in [-0.25, -0.2) is 4.98 Å². The van der Waals surface area contributed by atoms with Crippen molar-refractivity contribution in [1.29, 1.82) is 0 Å². The number of rotatable bonds is 10. The van der Waals surface area contributed by atoms with E-state index in [0.29, 0.717) is 6.61 Å². The second-order valence-corrected chi connectivity index (χ2v) is 23.0. The fraction of sp³-hybridized carbons (Fsp3) is 0.469. The molecule has 0 aliphatic rings. The maximum absolute atomic E-state index is 7.60. The third-order valence-corrected chi connectivity index (χ3v) is 18.3. The molecule has 3 nitrogen and oxygen atoms in total. The molecular formula is C32H47NO2SSi2. The highest BCUT2D eigenvalue weighted by Gasteiger charge is 2.51. The van der Waals surface area contributed by atoms with Crippen LogP contribution < -0.4 is 10.4 Å². The molecule has 0 aliphatic heterocycles. The van der Waals surface area contributed by atoms with Gasteiger partial charge in [0.15, 0.2) is 8.32 Å². The molecule has 38 heavy (non-hydrogen) atoms. The molecule has 2 aromatic carbocycles. The van der Waals surface area contributed by atoms with Gasteiger partial charge in [-0.05, 0) is 65.5 Å². The average Bonchev–Trinajstić information content (AvgIpc) is 3.25. The Bertz CT molecular complexity index is 1150. The number of aromatic nitrogens is 1. The molecule has 3 aromatic rings. The van der Waals surface area contributed by atoms with Gasteiger partial charge in [0.1, 0.15) is 0 Å². The summed E-state index contributed by atoms with van der Waals surface area (Å²) in [6.07, 6.45) is 2.92. The van der Waals surface area contributed by atoms with Crippen molar-refractivity contribution < 1.29 is 8.85 Å². The van der Waals surface area contributed by atoms with Crippen molar-refractivity contribution >= 4 is 44.4 Å². The van der Waals surface area contributed by atoms with Crippen LogP contribution >= 0.6 is 11.3 Å². The summed E-state index contributed by atoms with van der Waals surface area (Å²) in [5, 5.41) is 5.88. The normalized spacial score (nSPS) is 14.5. The van der Waals surface area contributed by atoms with E-state index in [0.717, 1.165) is 17.1 Å². The number of hydrogen-bond acceptors (Lipinski definition) is 4. The topological polar surface area (TPSA) is 31.4 Å². The molecule has 1 heterocycles. The van der Waals surface area contributed by atoms with Crippen LogP contribution in [0, 0.1) is 6.92 Å². The smallest absolute Gasteiger partial charge is 0.261 e. The first-order chi connectivity index (χ1) is 17.7. The number of hydrogen-bond donors (Lipinski definition) is 0. The van der Waals surface area contributed by atoms with E-state index in [4.69, 9.17) is 13.8 Å². The van der Waals surface area contributed by atoms with Crippen molar-refractivity contribution in [2.45, 2.75) is 91.1 Å². The summed E-state index contributed by atoms with van der Waals surface area (Å²) in [7, 11) is -4.60. The van der Waals surface area contributed by atoms with E-state index in [1.807, 2.05) is 0 Å². The van der Waals surface area contributed by atoms with Crippen LogP contribution in [0.3, 0.4) is 0 Å². The van der Waals surface area contributed by atoms with Crippen LogP contribution in [0.25, 0.3) is 6.08 Å². The summed E-state index contributed by atoms with van der Waals surface area (Å²) in [5.41, 5.74) is 2.20. The third kappa shape index (κ3) is 7.02. The molecule has 1 aromatic heterocycles. The zero-order valence-corrected chi connectivity index (χ0v) is 27.9. The molecule has 206 valence electrons. The number of thiazole rings is 1. The molecule has 0 N–H and O–H groups in total. The molecular weight excluding hydrogens is 519 g/mol. The summed E-state index contributed by atoms with van der Waals surface area (Å²) in [6, 6.07) is 21.8. The van der Waals surface area contributed by atoms with Gasteiger partial charge in [0, 0.05) is 12.0 Å². The minimum absolute atomic E-state index is 0.0897. The number of nitrogens with zero attached hydrogens (tertiary/aromatic N) is 1. The Morgan fingerprint density at radius 1 is 0.895 bits per heavy atom. The van der Waals surface area contributed by atoms with Gasteiger partial charge in [0.25, 0.3) is 8.32 Å². The summed E-state index contributed by atoms with van der Waals surface area (Å²) in [5.74, 6) is 0. The van der Waals surface area contributed by atoms with Gasteiger partial charge in [0.2, 0.25) is 0 Å².